The van der Waals surface area contributed by atoms with Gasteiger partial charge in [0, 0.05) is 10.4 Å². The number of furan rings is 1. The number of aryl methyl sites for hydroxylation is 2. The summed E-state index contributed by atoms with van der Waals surface area (Å²) in [5.74, 6) is 6.49. The third-order valence-corrected chi connectivity index (χ3v) is 3.32. The Hall–Kier alpha value is -1.10. The number of rotatable bonds is 3. The third-order valence-electron chi connectivity index (χ3n) is 2.46. The SMILES string of the molecule is Cc1cc(C(NN)c2ccsc2C)co1. The van der Waals surface area contributed by atoms with Crippen molar-refractivity contribution in [3.63, 3.8) is 0 Å². The Labute approximate surface area is 92.9 Å². The van der Waals surface area contributed by atoms with E-state index >= 15 is 0 Å². The Morgan fingerprint density at radius 3 is 2.73 bits per heavy atom. The van der Waals surface area contributed by atoms with Crippen LogP contribution in [0.3, 0.4) is 0 Å². The molecule has 15 heavy (non-hydrogen) atoms. The van der Waals surface area contributed by atoms with Crippen LogP contribution in [-0.2, 0) is 0 Å². The van der Waals surface area contributed by atoms with Crippen molar-refractivity contribution < 1.29 is 4.42 Å². The Kier molecular flexibility index (Phi) is 2.90. The average molecular weight is 222 g/mol. The van der Waals surface area contributed by atoms with Gasteiger partial charge in [-0.25, -0.2) is 5.43 Å². The fourth-order valence-corrected chi connectivity index (χ4v) is 2.42. The van der Waals surface area contributed by atoms with Gasteiger partial charge in [-0.15, -0.1) is 11.3 Å². The summed E-state index contributed by atoms with van der Waals surface area (Å²) < 4.78 is 5.29. The van der Waals surface area contributed by atoms with E-state index in [-0.39, 0.29) is 6.04 Å². The molecule has 2 aromatic rings. The topological polar surface area (TPSA) is 51.2 Å². The molecule has 0 fully saturated rings. The molecular formula is C11H14N2OS. The lowest BCUT2D eigenvalue weighted by Crippen LogP contribution is -2.28. The lowest BCUT2D eigenvalue weighted by molar-refractivity contribution is 0.525. The van der Waals surface area contributed by atoms with Crippen molar-refractivity contribution in [2.45, 2.75) is 19.9 Å². The van der Waals surface area contributed by atoms with Crippen molar-refractivity contribution in [1.82, 2.24) is 5.43 Å². The fourth-order valence-electron chi connectivity index (χ4n) is 1.67. The molecule has 0 aliphatic carbocycles. The summed E-state index contributed by atoms with van der Waals surface area (Å²) in [5, 5.41) is 2.07. The number of nitrogens with one attached hydrogen (secondary N) is 1. The van der Waals surface area contributed by atoms with Gasteiger partial charge in [0.15, 0.2) is 0 Å². The Morgan fingerprint density at radius 1 is 1.47 bits per heavy atom. The third kappa shape index (κ3) is 1.97. The van der Waals surface area contributed by atoms with Crippen molar-refractivity contribution in [2.75, 3.05) is 0 Å². The summed E-state index contributed by atoms with van der Waals surface area (Å²) in [6, 6.07) is 4.11. The summed E-state index contributed by atoms with van der Waals surface area (Å²) in [7, 11) is 0. The van der Waals surface area contributed by atoms with Crippen molar-refractivity contribution in [3.05, 3.63) is 45.5 Å². The largest absolute Gasteiger partial charge is 0.469 e. The molecule has 0 saturated carbocycles. The van der Waals surface area contributed by atoms with Crippen molar-refractivity contribution in [3.8, 4) is 0 Å². The molecule has 3 N–H and O–H groups in total. The maximum absolute atomic E-state index is 5.59. The number of hydrogen-bond acceptors (Lipinski definition) is 4. The van der Waals surface area contributed by atoms with E-state index in [2.05, 4.69) is 23.8 Å². The zero-order chi connectivity index (χ0) is 10.8. The average Bonchev–Trinajstić information content (AvgIpc) is 2.79. The van der Waals surface area contributed by atoms with Gasteiger partial charge in [-0.2, -0.15) is 0 Å². The molecule has 0 aliphatic rings. The highest BCUT2D eigenvalue weighted by molar-refractivity contribution is 7.10. The van der Waals surface area contributed by atoms with Crippen LogP contribution >= 0.6 is 11.3 Å². The van der Waals surface area contributed by atoms with Crippen LogP contribution in [0.1, 0.15) is 27.8 Å². The maximum atomic E-state index is 5.59. The molecule has 80 valence electrons. The molecule has 0 bridgehead atoms. The number of thiophene rings is 1. The smallest absolute Gasteiger partial charge is 0.101 e. The molecule has 2 heterocycles. The van der Waals surface area contributed by atoms with Crippen LogP contribution in [0.5, 0.6) is 0 Å². The van der Waals surface area contributed by atoms with Gasteiger partial charge in [0.1, 0.15) is 5.76 Å². The van der Waals surface area contributed by atoms with Crippen LogP contribution in [0.25, 0.3) is 0 Å². The molecule has 0 aliphatic heterocycles. The quantitative estimate of drug-likeness (QED) is 0.619. The van der Waals surface area contributed by atoms with Crippen LogP contribution < -0.4 is 11.3 Å². The van der Waals surface area contributed by atoms with Gasteiger partial charge in [-0.3, -0.25) is 5.84 Å². The molecular weight excluding hydrogens is 208 g/mol. The lowest BCUT2D eigenvalue weighted by atomic mass is 10.0. The Morgan fingerprint density at radius 2 is 2.27 bits per heavy atom. The maximum Gasteiger partial charge on any atom is 0.101 e. The highest BCUT2D eigenvalue weighted by Gasteiger charge is 2.16. The van der Waals surface area contributed by atoms with Crippen LogP contribution in [0, 0.1) is 13.8 Å². The molecule has 3 nitrogen and oxygen atoms in total. The lowest BCUT2D eigenvalue weighted by Gasteiger charge is -2.13. The number of hydrazine groups is 1. The molecule has 4 heteroatoms. The molecule has 2 rings (SSSR count). The zero-order valence-electron chi connectivity index (χ0n) is 8.78. The second kappa shape index (κ2) is 4.18. The molecule has 1 atom stereocenters. The predicted octanol–water partition coefficient (Wildman–Crippen LogP) is 2.51. The highest BCUT2D eigenvalue weighted by Crippen LogP contribution is 2.28. The van der Waals surface area contributed by atoms with Crippen LogP contribution in [0.15, 0.2) is 28.2 Å². The summed E-state index contributed by atoms with van der Waals surface area (Å²) in [6.07, 6.45) is 1.75. The fraction of sp³-hybridized carbons (Fsp3) is 0.273. The first-order chi connectivity index (χ1) is 7.22. The van der Waals surface area contributed by atoms with Crippen LogP contribution in [0.2, 0.25) is 0 Å². The second-order valence-corrected chi connectivity index (χ2v) is 4.64. The standard InChI is InChI=1S/C11H14N2OS/c1-7-5-9(6-14-7)11(13-12)10-3-4-15-8(10)2/h3-6,11,13H,12H2,1-2H3. The second-order valence-electron chi connectivity index (χ2n) is 3.52. The Bertz CT molecular complexity index is 447. The minimum Gasteiger partial charge on any atom is -0.469 e. The first-order valence-corrected chi connectivity index (χ1v) is 5.65. The van der Waals surface area contributed by atoms with Crippen molar-refractivity contribution in [1.29, 1.82) is 0 Å². The van der Waals surface area contributed by atoms with E-state index in [1.807, 2.05) is 13.0 Å². The highest BCUT2D eigenvalue weighted by atomic mass is 32.1. The van der Waals surface area contributed by atoms with Gasteiger partial charge in [-0.05, 0) is 36.9 Å². The van der Waals surface area contributed by atoms with Crippen molar-refractivity contribution in [2.24, 2.45) is 5.84 Å². The van der Waals surface area contributed by atoms with Gasteiger partial charge in [0.05, 0.1) is 12.3 Å². The van der Waals surface area contributed by atoms with E-state index in [1.165, 1.54) is 10.4 Å². The van der Waals surface area contributed by atoms with E-state index in [1.54, 1.807) is 17.6 Å². The number of hydrogen-bond donors (Lipinski definition) is 2. The molecule has 0 amide bonds. The molecule has 0 aromatic carbocycles. The van der Waals surface area contributed by atoms with Gasteiger partial charge >= 0.3 is 0 Å². The van der Waals surface area contributed by atoms with E-state index in [0.717, 1.165) is 11.3 Å². The molecule has 1 unspecified atom stereocenters. The zero-order valence-corrected chi connectivity index (χ0v) is 9.60. The molecule has 0 spiro atoms. The van der Waals surface area contributed by atoms with Gasteiger partial charge in [0.25, 0.3) is 0 Å². The van der Waals surface area contributed by atoms with Crippen LogP contribution in [-0.4, -0.2) is 0 Å². The van der Waals surface area contributed by atoms with E-state index in [0.29, 0.717) is 0 Å². The minimum absolute atomic E-state index is 0.0219. The van der Waals surface area contributed by atoms with Gasteiger partial charge in [0.2, 0.25) is 0 Å². The van der Waals surface area contributed by atoms with E-state index in [9.17, 15) is 0 Å². The molecule has 0 saturated heterocycles. The summed E-state index contributed by atoms with van der Waals surface area (Å²) in [4.78, 5) is 1.27. The van der Waals surface area contributed by atoms with Gasteiger partial charge < -0.3 is 4.42 Å². The summed E-state index contributed by atoms with van der Waals surface area (Å²) in [6.45, 7) is 4.02. The monoisotopic (exact) mass is 222 g/mol. The Balaban J connectivity index is 2.36. The minimum atomic E-state index is 0.0219. The first kappa shape index (κ1) is 10.4. The van der Waals surface area contributed by atoms with E-state index < -0.39 is 0 Å². The number of nitrogens with two attached hydrogens (primary N) is 1. The van der Waals surface area contributed by atoms with Crippen molar-refractivity contribution >= 4 is 11.3 Å². The predicted molar refractivity (Wildman–Crippen MR) is 61.7 cm³/mol. The molecule has 0 radical (unpaired) electrons. The van der Waals surface area contributed by atoms with Gasteiger partial charge in [-0.1, -0.05) is 0 Å². The summed E-state index contributed by atoms with van der Waals surface area (Å²) in [5.41, 5.74) is 5.10. The molecule has 2 aromatic heterocycles. The normalized spacial score (nSPS) is 13.0. The van der Waals surface area contributed by atoms with E-state index in [4.69, 9.17) is 10.3 Å². The first-order valence-electron chi connectivity index (χ1n) is 4.77. The summed E-state index contributed by atoms with van der Waals surface area (Å²) >= 11 is 1.72. The van der Waals surface area contributed by atoms with Crippen LogP contribution in [0.4, 0.5) is 0 Å².